The zero-order chi connectivity index (χ0) is 18.8. The maximum atomic E-state index is 8.20. The van der Waals surface area contributed by atoms with E-state index in [1.54, 1.807) is 3.96 Å². The minimum atomic E-state index is 0.248. The van der Waals surface area contributed by atoms with Crippen molar-refractivity contribution in [2.45, 2.75) is 13.5 Å². The van der Waals surface area contributed by atoms with Gasteiger partial charge in [-0.05, 0) is 55.0 Å². The van der Waals surface area contributed by atoms with Crippen LogP contribution in [0.4, 0.5) is 5.69 Å². The van der Waals surface area contributed by atoms with Crippen molar-refractivity contribution in [3.05, 3.63) is 69.5 Å². The van der Waals surface area contributed by atoms with E-state index in [0.717, 1.165) is 27.6 Å². The van der Waals surface area contributed by atoms with Gasteiger partial charge in [0.1, 0.15) is 5.49 Å². The third-order valence-corrected chi connectivity index (χ3v) is 5.15. The monoisotopic (exact) mass is 400 g/mol. The van der Waals surface area contributed by atoms with Gasteiger partial charge in [0.2, 0.25) is 12.8 Å². The lowest BCUT2D eigenvalue weighted by atomic mass is 10.2. The first-order valence-corrected chi connectivity index (χ1v) is 9.44. The molecule has 1 aromatic heterocycles. The maximum Gasteiger partial charge on any atom is 0.231 e. The molecule has 3 aromatic rings. The van der Waals surface area contributed by atoms with Crippen molar-refractivity contribution in [1.29, 1.82) is 5.41 Å². The van der Waals surface area contributed by atoms with Gasteiger partial charge in [-0.25, -0.2) is 8.95 Å². The Hall–Kier alpha value is -2.77. The van der Waals surface area contributed by atoms with Crippen molar-refractivity contribution >= 4 is 34.8 Å². The Balaban J connectivity index is 1.64. The molecule has 0 radical (unpaired) electrons. The number of benzene rings is 2. The number of hydrogen-bond donors (Lipinski definition) is 2. The Kier molecular flexibility index (Phi) is 4.87. The van der Waals surface area contributed by atoms with Crippen LogP contribution in [0.25, 0.3) is 0 Å². The quantitative estimate of drug-likeness (QED) is 0.510. The summed E-state index contributed by atoms with van der Waals surface area (Å²) < 4.78 is 12.5. The highest BCUT2D eigenvalue weighted by Crippen LogP contribution is 2.32. The predicted octanol–water partition coefficient (Wildman–Crippen LogP) is 4.24. The Morgan fingerprint density at radius 3 is 2.70 bits per heavy atom. The van der Waals surface area contributed by atoms with E-state index in [1.165, 1.54) is 11.5 Å². The summed E-state index contributed by atoms with van der Waals surface area (Å²) in [5.41, 5.74) is 2.22. The minimum absolute atomic E-state index is 0.248. The number of aryl methyl sites for hydroxylation is 1. The Morgan fingerprint density at radius 2 is 1.96 bits per heavy atom. The zero-order valence-electron chi connectivity index (χ0n) is 14.5. The normalized spacial score (nSPS) is 13.0. The second-order valence-electron chi connectivity index (χ2n) is 5.99. The molecule has 0 unspecified atom stereocenters. The van der Waals surface area contributed by atoms with Crippen molar-refractivity contribution in [2.75, 3.05) is 12.1 Å². The molecule has 0 bridgehead atoms. The van der Waals surface area contributed by atoms with E-state index in [9.17, 15) is 0 Å². The predicted molar refractivity (Wildman–Crippen MR) is 107 cm³/mol. The summed E-state index contributed by atoms with van der Waals surface area (Å²) in [7, 11) is 0. The number of fused-ring (bicyclic) bond motifs is 1. The van der Waals surface area contributed by atoms with E-state index in [1.807, 2.05) is 55.5 Å². The van der Waals surface area contributed by atoms with Gasteiger partial charge in [-0.15, -0.1) is 0 Å². The zero-order valence-corrected chi connectivity index (χ0v) is 16.1. The van der Waals surface area contributed by atoms with Crippen LogP contribution in [0.15, 0.2) is 53.5 Å². The highest BCUT2D eigenvalue weighted by molar-refractivity contribution is 7.07. The third-order valence-electron chi connectivity index (χ3n) is 3.94. The van der Waals surface area contributed by atoms with E-state index in [4.69, 9.17) is 31.5 Å². The van der Waals surface area contributed by atoms with E-state index < -0.39 is 0 Å². The Bertz CT molecular complexity index is 1060. The largest absolute Gasteiger partial charge is 0.454 e. The SMILES string of the molecule is Cc1cc(=N)n(C(=NCc2ccc3c(c2)OCO3)Nc2ccc(Cl)cc2)s1. The number of nitrogens with zero attached hydrogens (tertiary/aromatic N) is 2. The van der Waals surface area contributed by atoms with E-state index in [0.29, 0.717) is 23.0 Å². The lowest BCUT2D eigenvalue weighted by Gasteiger charge is -2.11. The van der Waals surface area contributed by atoms with Gasteiger partial charge in [0, 0.05) is 15.6 Å². The summed E-state index contributed by atoms with van der Waals surface area (Å²) in [6.45, 7) is 2.66. The van der Waals surface area contributed by atoms with Gasteiger partial charge in [0.25, 0.3) is 0 Å². The summed E-state index contributed by atoms with van der Waals surface area (Å²) in [6.07, 6.45) is 0. The summed E-state index contributed by atoms with van der Waals surface area (Å²) >= 11 is 7.43. The fourth-order valence-electron chi connectivity index (χ4n) is 2.65. The standard InChI is InChI=1S/C19H17ClN4O2S/c1-12-8-18(21)24(27-12)19(23-15-5-3-14(20)4-6-15)22-10-13-2-7-16-17(9-13)26-11-25-16/h2-9,21H,10-11H2,1H3,(H,22,23). The average molecular weight is 401 g/mol. The number of aliphatic imine (C=N–C) groups is 1. The van der Waals surface area contributed by atoms with Crippen molar-refractivity contribution in [3.63, 3.8) is 0 Å². The molecule has 0 saturated heterocycles. The molecule has 2 N–H and O–H groups in total. The molecule has 138 valence electrons. The molecular formula is C19H17ClN4O2S. The molecule has 0 aliphatic carbocycles. The maximum absolute atomic E-state index is 8.20. The molecule has 1 aliphatic heterocycles. The highest BCUT2D eigenvalue weighted by atomic mass is 35.5. The van der Waals surface area contributed by atoms with Crippen LogP contribution in [0, 0.1) is 12.3 Å². The van der Waals surface area contributed by atoms with Crippen molar-refractivity contribution in [1.82, 2.24) is 3.96 Å². The smallest absolute Gasteiger partial charge is 0.231 e. The second-order valence-corrected chi connectivity index (χ2v) is 7.61. The summed E-state index contributed by atoms with van der Waals surface area (Å²) in [5.74, 6) is 2.06. The molecule has 0 atom stereocenters. The highest BCUT2D eigenvalue weighted by Gasteiger charge is 2.13. The van der Waals surface area contributed by atoms with Gasteiger partial charge in [0.05, 0.1) is 6.54 Å². The molecule has 0 saturated carbocycles. The summed E-state index contributed by atoms with van der Waals surface area (Å²) in [5, 5.41) is 12.2. The van der Waals surface area contributed by atoms with Crippen LogP contribution in [-0.2, 0) is 6.54 Å². The van der Waals surface area contributed by atoms with Crippen LogP contribution in [0.2, 0.25) is 5.02 Å². The van der Waals surface area contributed by atoms with Gasteiger partial charge >= 0.3 is 0 Å². The van der Waals surface area contributed by atoms with Gasteiger partial charge in [-0.3, -0.25) is 5.41 Å². The van der Waals surface area contributed by atoms with Crippen LogP contribution < -0.4 is 20.3 Å². The molecule has 2 aromatic carbocycles. The molecule has 6 nitrogen and oxygen atoms in total. The number of ether oxygens (including phenoxy) is 2. The van der Waals surface area contributed by atoms with Gasteiger partial charge in [0.15, 0.2) is 11.5 Å². The number of halogens is 1. The van der Waals surface area contributed by atoms with Crippen LogP contribution in [0.3, 0.4) is 0 Å². The first kappa shape index (κ1) is 17.6. The van der Waals surface area contributed by atoms with E-state index in [-0.39, 0.29) is 6.79 Å². The van der Waals surface area contributed by atoms with E-state index >= 15 is 0 Å². The van der Waals surface area contributed by atoms with Crippen LogP contribution in [0.1, 0.15) is 10.4 Å². The van der Waals surface area contributed by atoms with E-state index in [2.05, 4.69) is 5.32 Å². The molecule has 0 fully saturated rings. The third kappa shape index (κ3) is 3.99. The fraction of sp³-hybridized carbons (Fsp3) is 0.158. The topological polar surface area (TPSA) is 71.6 Å². The number of rotatable bonds is 3. The molecular weight excluding hydrogens is 384 g/mol. The first-order chi connectivity index (χ1) is 13.1. The Morgan fingerprint density at radius 1 is 1.19 bits per heavy atom. The summed E-state index contributed by atoms with van der Waals surface area (Å²) in [4.78, 5) is 5.75. The average Bonchev–Trinajstić information content (AvgIpc) is 3.25. The number of hydrogen-bond acceptors (Lipinski definition) is 5. The van der Waals surface area contributed by atoms with Gasteiger partial charge in [-0.1, -0.05) is 29.2 Å². The molecule has 1 aliphatic rings. The number of nitrogens with one attached hydrogen (secondary N) is 2. The molecule has 8 heteroatoms. The molecule has 2 heterocycles. The number of aromatic nitrogens is 1. The fourth-order valence-corrected chi connectivity index (χ4v) is 3.57. The van der Waals surface area contributed by atoms with Crippen molar-refractivity contribution in [3.8, 4) is 11.5 Å². The first-order valence-electron chi connectivity index (χ1n) is 8.29. The van der Waals surface area contributed by atoms with Gasteiger partial charge in [-0.2, -0.15) is 0 Å². The second kappa shape index (κ2) is 7.46. The Labute approximate surface area is 165 Å². The summed E-state index contributed by atoms with van der Waals surface area (Å²) in [6, 6.07) is 15.0. The molecule has 4 rings (SSSR count). The molecule has 0 spiro atoms. The van der Waals surface area contributed by atoms with Crippen LogP contribution in [0.5, 0.6) is 11.5 Å². The lowest BCUT2D eigenvalue weighted by molar-refractivity contribution is 0.174. The van der Waals surface area contributed by atoms with Gasteiger partial charge < -0.3 is 14.8 Å². The lowest BCUT2D eigenvalue weighted by Crippen LogP contribution is -2.28. The van der Waals surface area contributed by atoms with Crippen LogP contribution in [-0.4, -0.2) is 16.7 Å². The molecule has 0 amide bonds. The molecule has 27 heavy (non-hydrogen) atoms. The van der Waals surface area contributed by atoms with Crippen LogP contribution >= 0.6 is 23.1 Å². The number of anilines is 1. The van der Waals surface area contributed by atoms with Crippen molar-refractivity contribution < 1.29 is 9.47 Å². The minimum Gasteiger partial charge on any atom is -0.454 e. The van der Waals surface area contributed by atoms with Crippen molar-refractivity contribution in [2.24, 2.45) is 4.99 Å².